The summed E-state index contributed by atoms with van der Waals surface area (Å²) in [7, 11) is 0. The standard InChI is InChI=1S/C13H24F3N3/c14-13(15,16)10-19-7-5-18(6-8-19)9-11-1-3-12(17)4-2-11/h11-12H,1-10,17H2. The molecule has 0 aromatic carbocycles. The van der Waals surface area contributed by atoms with Gasteiger partial charge in [-0.1, -0.05) is 0 Å². The number of rotatable bonds is 3. The Balaban J connectivity index is 1.66. The lowest BCUT2D eigenvalue weighted by atomic mass is 9.86. The Morgan fingerprint density at radius 2 is 1.42 bits per heavy atom. The number of hydrogen-bond donors (Lipinski definition) is 1. The SMILES string of the molecule is NC1CCC(CN2CCN(CC(F)(F)F)CC2)CC1. The first-order valence-electron chi connectivity index (χ1n) is 7.19. The minimum Gasteiger partial charge on any atom is -0.328 e. The monoisotopic (exact) mass is 279 g/mol. The van der Waals surface area contributed by atoms with Crippen molar-refractivity contribution in [2.24, 2.45) is 11.7 Å². The zero-order valence-electron chi connectivity index (χ0n) is 11.3. The summed E-state index contributed by atoms with van der Waals surface area (Å²) in [5.74, 6) is 0.689. The van der Waals surface area contributed by atoms with Crippen LogP contribution in [0.25, 0.3) is 0 Å². The molecule has 1 heterocycles. The molecular formula is C13H24F3N3. The van der Waals surface area contributed by atoms with Crippen LogP contribution < -0.4 is 5.73 Å². The van der Waals surface area contributed by atoms with Gasteiger partial charge in [-0.3, -0.25) is 4.90 Å². The van der Waals surface area contributed by atoms with Gasteiger partial charge in [-0.2, -0.15) is 13.2 Å². The van der Waals surface area contributed by atoms with Crippen molar-refractivity contribution in [1.29, 1.82) is 0 Å². The molecule has 19 heavy (non-hydrogen) atoms. The molecule has 0 unspecified atom stereocenters. The third-order valence-corrected chi connectivity index (χ3v) is 4.28. The summed E-state index contributed by atoms with van der Waals surface area (Å²) in [5.41, 5.74) is 5.88. The summed E-state index contributed by atoms with van der Waals surface area (Å²) in [6, 6.07) is 0.361. The Morgan fingerprint density at radius 1 is 0.895 bits per heavy atom. The lowest BCUT2D eigenvalue weighted by molar-refractivity contribution is -0.149. The van der Waals surface area contributed by atoms with Gasteiger partial charge in [-0.25, -0.2) is 0 Å². The maximum atomic E-state index is 12.3. The first-order valence-corrected chi connectivity index (χ1v) is 7.19. The number of nitrogens with zero attached hydrogens (tertiary/aromatic N) is 2. The molecule has 1 aliphatic heterocycles. The molecule has 112 valence electrons. The van der Waals surface area contributed by atoms with Crippen LogP contribution in [0, 0.1) is 5.92 Å². The van der Waals surface area contributed by atoms with Crippen LogP contribution in [0.2, 0.25) is 0 Å². The molecule has 3 nitrogen and oxygen atoms in total. The van der Waals surface area contributed by atoms with Gasteiger partial charge in [0.1, 0.15) is 0 Å². The maximum absolute atomic E-state index is 12.3. The fraction of sp³-hybridized carbons (Fsp3) is 1.00. The van der Waals surface area contributed by atoms with E-state index in [1.54, 1.807) is 0 Å². The largest absolute Gasteiger partial charge is 0.401 e. The molecule has 2 aliphatic rings. The molecule has 0 radical (unpaired) electrons. The normalized spacial score (nSPS) is 31.6. The van der Waals surface area contributed by atoms with Gasteiger partial charge in [0.15, 0.2) is 0 Å². The van der Waals surface area contributed by atoms with Crippen LogP contribution in [0.5, 0.6) is 0 Å². The molecule has 1 saturated heterocycles. The van der Waals surface area contributed by atoms with E-state index in [4.69, 9.17) is 5.73 Å². The molecule has 0 bridgehead atoms. The van der Waals surface area contributed by atoms with Crippen LogP contribution in [0.3, 0.4) is 0 Å². The Bertz CT molecular complexity index is 267. The second kappa shape index (κ2) is 6.41. The number of hydrogen-bond acceptors (Lipinski definition) is 3. The van der Waals surface area contributed by atoms with Crippen molar-refractivity contribution >= 4 is 0 Å². The zero-order valence-corrected chi connectivity index (χ0v) is 11.3. The second-order valence-corrected chi connectivity index (χ2v) is 5.97. The summed E-state index contributed by atoms with van der Waals surface area (Å²) in [4.78, 5) is 3.82. The molecular weight excluding hydrogens is 255 g/mol. The molecule has 0 atom stereocenters. The molecule has 0 aromatic rings. The van der Waals surface area contributed by atoms with Crippen LogP contribution in [0.1, 0.15) is 25.7 Å². The van der Waals surface area contributed by atoms with Crippen LogP contribution in [0.4, 0.5) is 13.2 Å². The van der Waals surface area contributed by atoms with Crippen molar-refractivity contribution in [2.45, 2.75) is 37.9 Å². The molecule has 2 N–H and O–H groups in total. The van der Waals surface area contributed by atoms with Gasteiger partial charge in [-0.15, -0.1) is 0 Å². The van der Waals surface area contributed by atoms with E-state index in [0.717, 1.165) is 32.5 Å². The average molecular weight is 279 g/mol. The summed E-state index contributed by atoms with van der Waals surface area (Å²) >= 11 is 0. The Morgan fingerprint density at radius 3 is 1.95 bits per heavy atom. The number of piperazine rings is 1. The van der Waals surface area contributed by atoms with Gasteiger partial charge in [-0.05, 0) is 31.6 Å². The van der Waals surface area contributed by atoms with Crippen molar-refractivity contribution in [1.82, 2.24) is 9.80 Å². The lowest BCUT2D eigenvalue weighted by Crippen LogP contribution is -2.50. The molecule has 0 spiro atoms. The van der Waals surface area contributed by atoms with Gasteiger partial charge in [0.25, 0.3) is 0 Å². The highest BCUT2D eigenvalue weighted by atomic mass is 19.4. The van der Waals surface area contributed by atoms with Crippen LogP contribution in [-0.2, 0) is 0 Å². The summed E-state index contributed by atoms with van der Waals surface area (Å²) in [6.07, 6.45) is 0.465. The van der Waals surface area contributed by atoms with E-state index in [9.17, 15) is 13.2 Å². The van der Waals surface area contributed by atoms with Gasteiger partial charge < -0.3 is 10.6 Å². The van der Waals surface area contributed by atoms with Gasteiger partial charge in [0.05, 0.1) is 6.54 Å². The minimum atomic E-state index is -4.07. The van der Waals surface area contributed by atoms with Gasteiger partial charge in [0, 0.05) is 38.8 Å². The molecule has 6 heteroatoms. The maximum Gasteiger partial charge on any atom is 0.401 e. The predicted octanol–water partition coefficient (Wildman–Crippen LogP) is 1.68. The third kappa shape index (κ3) is 5.28. The summed E-state index contributed by atoms with van der Waals surface area (Å²) in [6.45, 7) is 2.86. The lowest BCUT2D eigenvalue weighted by Gasteiger charge is -2.38. The van der Waals surface area contributed by atoms with E-state index < -0.39 is 12.7 Å². The fourth-order valence-electron chi connectivity index (χ4n) is 3.12. The van der Waals surface area contributed by atoms with E-state index in [1.807, 2.05) is 0 Å². The van der Waals surface area contributed by atoms with Gasteiger partial charge >= 0.3 is 6.18 Å². The summed E-state index contributed by atoms with van der Waals surface area (Å²) < 4.78 is 36.8. The van der Waals surface area contributed by atoms with Crippen LogP contribution >= 0.6 is 0 Å². The molecule has 1 saturated carbocycles. The van der Waals surface area contributed by atoms with Crippen LogP contribution in [0.15, 0.2) is 0 Å². The molecule has 1 aliphatic carbocycles. The highest BCUT2D eigenvalue weighted by molar-refractivity contribution is 4.80. The van der Waals surface area contributed by atoms with E-state index in [0.29, 0.717) is 25.0 Å². The van der Waals surface area contributed by atoms with E-state index >= 15 is 0 Å². The summed E-state index contributed by atoms with van der Waals surface area (Å²) in [5, 5.41) is 0. The quantitative estimate of drug-likeness (QED) is 0.853. The molecule has 0 amide bonds. The average Bonchev–Trinajstić information content (AvgIpc) is 2.33. The Kier molecular flexibility index (Phi) is 5.09. The van der Waals surface area contributed by atoms with Crippen molar-refractivity contribution in [2.75, 3.05) is 39.3 Å². The molecule has 0 aromatic heterocycles. The van der Waals surface area contributed by atoms with Crippen molar-refractivity contribution in [3.63, 3.8) is 0 Å². The Labute approximate surface area is 112 Å². The van der Waals surface area contributed by atoms with Crippen LogP contribution in [-0.4, -0.2) is 61.3 Å². The van der Waals surface area contributed by atoms with Crippen molar-refractivity contribution in [3.05, 3.63) is 0 Å². The van der Waals surface area contributed by atoms with Gasteiger partial charge in [0.2, 0.25) is 0 Å². The third-order valence-electron chi connectivity index (χ3n) is 4.28. The zero-order chi connectivity index (χ0) is 13.9. The highest BCUT2D eigenvalue weighted by Gasteiger charge is 2.32. The van der Waals surface area contributed by atoms with Crippen molar-refractivity contribution < 1.29 is 13.2 Å². The topological polar surface area (TPSA) is 32.5 Å². The second-order valence-electron chi connectivity index (χ2n) is 5.97. The molecule has 2 rings (SSSR count). The first-order chi connectivity index (χ1) is 8.92. The highest BCUT2D eigenvalue weighted by Crippen LogP contribution is 2.24. The first kappa shape index (κ1) is 15.1. The Hall–Kier alpha value is -0.330. The van der Waals surface area contributed by atoms with E-state index in [1.165, 1.54) is 17.7 Å². The van der Waals surface area contributed by atoms with E-state index in [-0.39, 0.29) is 0 Å². The van der Waals surface area contributed by atoms with E-state index in [2.05, 4.69) is 4.90 Å². The predicted molar refractivity (Wildman–Crippen MR) is 68.9 cm³/mol. The minimum absolute atomic E-state index is 0.361. The smallest absolute Gasteiger partial charge is 0.328 e. The number of nitrogens with two attached hydrogens (primary N) is 1. The molecule has 2 fully saturated rings. The fourth-order valence-corrected chi connectivity index (χ4v) is 3.12. The number of halogens is 3. The number of alkyl halides is 3. The van der Waals surface area contributed by atoms with Crippen molar-refractivity contribution in [3.8, 4) is 0 Å².